The van der Waals surface area contributed by atoms with E-state index in [1.807, 2.05) is 13.0 Å². The van der Waals surface area contributed by atoms with Gasteiger partial charge in [-0.05, 0) is 118 Å². The van der Waals surface area contributed by atoms with Crippen LogP contribution in [0.4, 0.5) is 0 Å². The van der Waals surface area contributed by atoms with Crippen LogP contribution in [0.5, 0.6) is 11.5 Å². The largest absolute Gasteiger partial charge is 0.507 e. The molecule has 4 bridgehead atoms. The standard InChI is InChI=1S/C49H62N6O9/c1-7-9-12-32-15-19-35(20-16-32)29(3)14-18-34(8-2)46(60)51-30(4)25-43(58)53-39(13-10-11-24-50)48(62)55(6)44-36-21-23-42(57)38(28-36)37-26-33(17-22-41(37)56)27-40(49(63)64)54-45(59)31(5)52-47(44)61/h8,14-23,26,28,30-31,39-40,44,56-57H,2,7,9-13,24-25,27,50H2,1,3-6H3,(H,51,60)(H,52,61)(H,53,58)(H,54,59)(H,63,64)/b29-14+,34-18+/t30?,31-,39-,40-,44-/m0/s1. The number of carboxylic acids is 1. The minimum absolute atomic E-state index is 0.0911. The number of fused-ring (bicyclic) bond motifs is 5. The number of aromatic hydroxyl groups is 2. The zero-order chi connectivity index (χ0) is 47.1. The van der Waals surface area contributed by atoms with Crippen LogP contribution >= 0.6 is 0 Å². The number of nitrogens with zero attached hydrogens (tertiary/aromatic N) is 1. The van der Waals surface area contributed by atoms with Gasteiger partial charge >= 0.3 is 5.97 Å². The van der Waals surface area contributed by atoms with E-state index in [0.29, 0.717) is 24.9 Å². The average Bonchev–Trinajstić information content (AvgIpc) is 3.25. The Kier molecular flexibility index (Phi) is 18.4. The van der Waals surface area contributed by atoms with E-state index in [-0.39, 0.29) is 53.0 Å². The average molecular weight is 879 g/mol. The van der Waals surface area contributed by atoms with Gasteiger partial charge in [-0.3, -0.25) is 24.0 Å². The Morgan fingerprint density at radius 3 is 2.23 bits per heavy atom. The number of phenolic OH excluding ortho intramolecular Hbond substituents is 2. The number of carboxylic acid groups (broad SMARTS) is 1. The van der Waals surface area contributed by atoms with Crippen molar-refractivity contribution < 1.29 is 44.1 Å². The van der Waals surface area contributed by atoms with Crippen LogP contribution in [0.25, 0.3) is 16.7 Å². The summed E-state index contributed by atoms with van der Waals surface area (Å²) in [6, 6.07) is 10.8. The Morgan fingerprint density at radius 2 is 1.59 bits per heavy atom. The molecule has 5 atom stereocenters. The lowest BCUT2D eigenvalue weighted by Crippen LogP contribution is -2.55. The number of carbonyl (C=O) groups is 6. The van der Waals surface area contributed by atoms with Crippen molar-refractivity contribution >= 4 is 41.1 Å². The first-order valence-corrected chi connectivity index (χ1v) is 21.6. The number of hydrogen-bond donors (Lipinski definition) is 8. The summed E-state index contributed by atoms with van der Waals surface area (Å²) in [7, 11) is 1.36. The minimum atomic E-state index is -1.45. The summed E-state index contributed by atoms with van der Waals surface area (Å²) >= 11 is 0. The van der Waals surface area contributed by atoms with Gasteiger partial charge in [-0.25, -0.2) is 4.79 Å². The lowest BCUT2D eigenvalue weighted by Gasteiger charge is -2.32. The molecule has 3 aromatic rings. The van der Waals surface area contributed by atoms with Crippen LogP contribution in [-0.2, 0) is 41.6 Å². The molecule has 0 aromatic heterocycles. The van der Waals surface area contributed by atoms with Crippen LogP contribution in [-0.4, -0.2) is 93.5 Å². The van der Waals surface area contributed by atoms with Gasteiger partial charge in [-0.15, -0.1) is 0 Å². The number of nitrogens with two attached hydrogens (primary N) is 1. The second kappa shape index (κ2) is 23.6. The number of allylic oxidation sites excluding steroid dienone is 3. The highest BCUT2D eigenvalue weighted by Crippen LogP contribution is 2.39. The van der Waals surface area contributed by atoms with E-state index in [4.69, 9.17) is 5.73 Å². The van der Waals surface area contributed by atoms with Crippen LogP contribution in [0.2, 0.25) is 0 Å². The van der Waals surface area contributed by atoms with Gasteiger partial charge in [0, 0.05) is 42.6 Å². The lowest BCUT2D eigenvalue weighted by atomic mass is 9.93. The van der Waals surface area contributed by atoms with E-state index >= 15 is 0 Å². The summed E-state index contributed by atoms with van der Waals surface area (Å²) in [5, 5.41) is 42.4. The maximum Gasteiger partial charge on any atom is 0.326 e. The molecule has 0 radical (unpaired) electrons. The van der Waals surface area contributed by atoms with Crippen molar-refractivity contribution in [3.05, 3.63) is 113 Å². The molecule has 5 amide bonds. The highest BCUT2D eigenvalue weighted by Gasteiger charge is 2.36. The number of nitrogens with one attached hydrogen (secondary N) is 4. The SMILES string of the molecule is C=C/C(=C\C=C(/C)c1ccc(CCCC)cc1)C(=O)NC(C)CC(=O)N[C@@H](CCCCN)C(=O)N(C)[C@@H]1C(=O)N[C@@H](C)C(=O)N[C@H](C(=O)O)Cc2ccc(O)c(c2)-c2cc1ccc2O. The van der Waals surface area contributed by atoms with Crippen LogP contribution in [0.1, 0.15) is 94.5 Å². The number of rotatable bonds is 18. The number of benzene rings is 3. The highest BCUT2D eigenvalue weighted by atomic mass is 16.4. The second-order valence-corrected chi connectivity index (χ2v) is 16.3. The Bertz CT molecular complexity index is 2250. The molecule has 0 saturated carbocycles. The third kappa shape index (κ3) is 13.6. The summed E-state index contributed by atoms with van der Waals surface area (Å²) < 4.78 is 0. The van der Waals surface area contributed by atoms with Crippen molar-refractivity contribution in [2.24, 2.45) is 5.73 Å². The van der Waals surface area contributed by atoms with E-state index in [1.165, 1.54) is 62.0 Å². The van der Waals surface area contributed by atoms with Gasteiger partial charge in [-0.2, -0.15) is 0 Å². The topological polar surface area (TPSA) is 240 Å². The second-order valence-electron chi connectivity index (χ2n) is 16.3. The molecule has 3 aromatic carbocycles. The molecular weight excluding hydrogens is 817 g/mol. The number of likely N-dealkylation sites (N-methyl/N-ethyl adjacent to an activating group) is 1. The van der Waals surface area contributed by atoms with Gasteiger partial charge in [0.15, 0.2) is 0 Å². The van der Waals surface area contributed by atoms with Crippen LogP contribution < -0.4 is 27.0 Å². The van der Waals surface area contributed by atoms with Crippen molar-refractivity contribution in [3.63, 3.8) is 0 Å². The van der Waals surface area contributed by atoms with E-state index < -0.39 is 65.7 Å². The molecule has 342 valence electrons. The quantitative estimate of drug-likeness (QED) is 0.0485. The molecule has 1 heterocycles. The number of phenols is 2. The molecule has 15 nitrogen and oxygen atoms in total. The van der Waals surface area contributed by atoms with Gasteiger partial charge in [0.25, 0.3) is 5.91 Å². The predicted molar refractivity (Wildman–Crippen MR) is 246 cm³/mol. The first kappa shape index (κ1) is 49.9. The Hall–Kier alpha value is -6.74. The van der Waals surface area contributed by atoms with Crippen molar-refractivity contribution in [2.45, 2.75) is 109 Å². The summed E-state index contributed by atoms with van der Waals surface area (Å²) in [5.41, 5.74) is 10.1. The van der Waals surface area contributed by atoms with Crippen molar-refractivity contribution in [1.82, 2.24) is 26.2 Å². The van der Waals surface area contributed by atoms with Crippen molar-refractivity contribution in [3.8, 4) is 22.6 Å². The Balaban J connectivity index is 1.57. The Morgan fingerprint density at radius 1 is 0.922 bits per heavy atom. The molecule has 0 spiro atoms. The van der Waals surface area contributed by atoms with Gasteiger partial charge in [0.05, 0.1) is 0 Å². The third-order valence-electron chi connectivity index (χ3n) is 11.1. The fourth-order valence-electron chi connectivity index (χ4n) is 7.38. The molecule has 64 heavy (non-hydrogen) atoms. The first-order valence-electron chi connectivity index (χ1n) is 21.6. The van der Waals surface area contributed by atoms with Gasteiger partial charge in [0.2, 0.25) is 23.6 Å². The smallest absolute Gasteiger partial charge is 0.326 e. The van der Waals surface area contributed by atoms with Gasteiger partial charge in [0.1, 0.15) is 35.7 Å². The van der Waals surface area contributed by atoms with E-state index in [0.717, 1.165) is 35.3 Å². The van der Waals surface area contributed by atoms with Crippen molar-refractivity contribution in [1.29, 1.82) is 0 Å². The van der Waals surface area contributed by atoms with Crippen LogP contribution in [0.3, 0.4) is 0 Å². The number of aliphatic carboxylic acids is 1. The summed E-state index contributed by atoms with van der Waals surface area (Å²) in [4.78, 5) is 82.1. The van der Waals surface area contributed by atoms with E-state index in [2.05, 4.69) is 59.0 Å². The normalized spacial score (nSPS) is 17.8. The first-order chi connectivity index (χ1) is 30.5. The van der Waals surface area contributed by atoms with Crippen molar-refractivity contribution in [2.75, 3.05) is 13.6 Å². The molecule has 0 saturated heterocycles. The molecule has 1 aliphatic rings. The Labute approximate surface area is 374 Å². The molecule has 9 N–H and O–H groups in total. The fraction of sp³-hybridized carbons (Fsp3) is 0.388. The number of unbranched alkanes of at least 4 members (excludes halogenated alkanes) is 2. The maximum atomic E-state index is 14.5. The zero-order valence-electron chi connectivity index (χ0n) is 37.3. The summed E-state index contributed by atoms with van der Waals surface area (Å²) in [6.45, 7) is 11.2. The minimum Gasteiger partial charge on any atom is -0.507 e. The molecule has 1 aliphatic heterocycles. The summed E-state index contributed by atoms with van der Waals surface area (Å²) in [5.74, 6) is -5.14. The number of aryl methyl sites for hydroxylation is 1. The third-order valence-corrected chi connectivity index (χ3v) is 11.1. The molecular formula is C49H62N6O9. The van der Waals surface area contributed by atoms with Gasteiger partial charge < -0.3 is 47.2 Å². The van der Waals surface area contributed by atoms with Crippen LogP contribution in [0, 0.1) is 0 Å². The lowest BCUT2D eigenvalue weighted by molar-refractivity contribution is -0.144. The van der Waals surface area contributed by atoms with Gasteiger partial charge in [-0.1, -0.05) is 68.5 Å². The number of hydrogen-bond acceptors (Lipinski definition) is 9. The van der Waals surface area contributed by atoms with E-state index in [9.17, 15) is 44.1 Å². The molecule has 15 heteroatoms. The zero-order valence-corrected chi connectivity index (χ0v) is 37.3. The van der Waals surface area contributed by atoms with E-state index in [1.54, 1.807) is 13.0 Å². The molecule has 0 aliphatic carbocycles. The molecule has 1 unspecified atom stereocenters. The highest BCUT2D eigenvalue weighted by molar-refractivity contribution is 5.98. The predicted octanol–water partition coefficient (Wildman–Crippen LogP) is 4.96. The summed E-state index contributed by atoms with van der Waals surface area (Å²) in [6.07, 6.45) is 8.94. The fourth-order valence-corrected chi connectivity index (χ4v) is 7.38. The number of amides is 5. The number of carbonyl (C=O) groups excluding carboxylic acids is 5. The maximum absolute atomic E-state index is 14.5. The molecule has 0 fully saturated rings. The monoisotopic (exact) mass is 878 g/mol. The molecule has 4 rings (SSSR count). The van der Waals surface area contributed by atoms with Crippen LogP contribution in [0.15, 0.2) is 91.0 Å².